The smallest absolute Gasteiger partial charge is 0.310 e. The number of aromatic nitrogens is 4. The summed E-state index contributed by atoms with van der Waals surface area (Å²) < 4.78 is 0. The van der Waals surface area contributed by atoms with Gasteiger partial charge in [0.15, 0.2) is 5.75 Å². The van der Waals surface area contributed by atoms with Crippen LogP contribution in [0.4, 0.5) is 5.69 Å². The van der Waals surface area contributed by atoms with Crippen LogP contribution >= 0.6 is 0 Å². The van der Waals surface area contributed by atoms with Gasteiger partial charge in [0.2, 0.25) is 0 Å². The Hall–Kier alpha value is -5.12. The number of nitro groups is 1. The van der Waals surface area contributed by atoms with Crippen molar-refractivity contribution >= 4 is 5.69 Å². The zero-order valence-electron chi connectivity index (χ0n) is 20.0. The maximum absolute atomic E-state index is 13.3. The first-order valence-corrected chi connectivity index (χ1v) is 11.5. The first-order chi connectivity index (χ1) is 17.7. The van der Waals surface area contributed by atoms with Gasteiger partial charge in [0.25, 0.3) is 11.1 Å². The highest BCUT2D eigenvalue weighted by molar-refractivity contribution is 5.71. The Bertz CT molecular complexity index is 1630. The molecular formula is C27H23N5O5. The van der Waals surface area contributed by atoms with Crippen molar-refractivity contribution in [2.45, 2.75) is 19.8 Å². The van der Waals surface area contributed by atoms with Gasteiger partial charge < -0.3 is 5.11 Å². The lowest BCUT2D eigenvalue weighted by Crippen LogP contribution is -2.20. The Morgan fingerprint density at radius 1 is 0.730 bits per heavy atom. The Labute approximate surface area is 209 Å². The van der Waals surface area contributed by atoms with Crippen molar-refractivity contribution in [1.29, 1.82) is 0 Å². The summed E-state index contributed by atoms with van der Waals surface area (Å²) in [6.45, 7) is 3.88. The lowest BCUT2D eigenvalue weighted by Gasteiger charge is -2.18. The van der Waals surface area contributed by atoms with Gasteiger partial charge in [-0.2, -0.15) is 0 Å². The van der Waals surface area contributed by atoms with Crippen molar-refractivity contribution < 1.29 is 10.0 Å². The zero-order chi connectivity index (χ0) is 26.3. The maximum atomic E-state index is 13.3. The number of H-pyrrole nitrogens is 4. The summed E-state index contributed by atoms with van der Waals surface area (Å²) in [5, 5.41) is 32.8. The molecule has 0 atom stereocenters. The van der Waals surface area contributed by atoms with Gasteiger partial charge in [0.1, 0.15) is 0 Å². The lowest BCUT2D eigenvalue weighted by atomic mass is 9.82. The molecule has 0 bridgehead atoms. The van der Waals surface area contributed by atoms with E-state index in [0.717, 1.165) is 11.1 Å². The predicted molar refractivity (Wildman–Crippen MR) is 139 cm³/mol. The van der Waals surface area contributed by atoms with Gasteiger partial charge in [-0.3, -0.25) is 40.1 Å². The van der Waals surface area contributed by atoms with Crippen LogP contribution < -0.4 is 11.1 Å². The summed E-state index contributed by atoms with van der Waals surface area (Å²) in [7, 11) is 0. The largest absolute Gasteiger partial charge is 0.502 e. The van der Waals surface area contributed by atoms with E-state index >= 15 is 0 Å². The van der Waals surface area contributed by atoms with E-state index in [-0.39, 0.29) is 11.1 Å². The molecule has 10 nitrogen and oxygen atoms in total. The number of aromatic amines is 4. The summed E-state index contributed by atoms with van der Waals surface area (Å²) in [4.78, 5) is 37.5. The Morgan fingerprint density at radius 3 is 1.62 bits per heavy atom. The molecule has 0 saturated carbocycles. The minimum absolute atomic E-state index is 0.210. The molecule has 5 aromatic rings. The van der Waals surface area contributed by atoms with Crippen LogP contribution in [0.1, 0.15) is 33.7 Å². The number of benzene rings is 3. The molecule has 0 amide bonds. The van der Waals surface area contributed by atoms with E-state index in [0.29, 0.717) is 28.1 Å². The first kappa shape index (κ1) is 23.6. The molecule has 0 aliphatic rings. The topological polar surface area (TPSA) is 161 Å². The summed E-state index contributed by atoms with van der Waals surface area (Å²) >= 11 is 0. The van der Waals surface area contributed by atoms with Gasteiger partial charge in [-0.1, -0.05) is 65.7 Å². The van der Waals surface area contributed by atoms with E-state index < -0.39 is 33.4 Å². The van der Waals surface area contributed by atoms with Crippen molar-refractivity contribution in [3.05, 3.63) is 125 Å². The zero-order valence-corrected chi connectivity index (χ0v) is 20.0. The van der Waals surface area contributed by atoms with Crippen LogP contribution in [0.3, 0.4) is 0 Å². The third-order valence-electron chi connectivity index (χ3n) is 6.42. The van der Waals surface area contributed by atoms with Crippen LogP contribution in [0.5, 0.6) is 5.75 Å². The number of nitrogens with one attached hydrogen (secondary N) is 4. The summed E-state index contributed by atoms with van der Waals surface area (Å²) in [5.74, 6) is -1.53. The van der Waals surface area contributed by atoms with Crippen LogP contribution in [-0.2, 0) is 0 Å². The Balaban J connectivity index is 1.83. The minimum Gasteiger partial charge on any atom is -0.502 e. The molecule has 37 heavy (non-hydrogen) atoms. The molecule has 0 radical (unpaired) electrons. The number of aromatic hydroxyl groups is 1. The monoisotopic (exact) mass is 497 g/mol. The number of rotatable bonds is 6. The normalized spacial score (nSPS) is 11.2. The highest BCUT2D eigenvalue weighted by Crippen LogP contribution is 2.40. The maximum Gasteiger partial charge on any atom is 0.310 e. The average Bonchev–Trinajstić information content (AvgIpc) is 3.44. The van der Waals surface area contributed by atoms with Gasteiger partial charge in [0.05, 0.1) is 27.4 Å². The number of phenolic OH excluding ortho intramolecular Hbond substituents is 1. The summed E-state index contributed by atoms with van der Waals surface area (Å²) in [5.41, 5.74) is 3.56. The van der Waals surface area contributed by atoms with Gasteiger partial charge in [-0.25, -0.2) is 0 Å². The van der Waals surface area contributed by atoms with Crippen LogP contribution in [0.15, 0.2) is 76.3 Å². The first-order valence-electron chi connectivity index (χ1n) is 11.5. The van der Waals surface area contributed by atoms with Gasteiger partial charge in [0, 0.05) is 12.0 Å². The third kappa shape index (κ3) is 4.25. The second kappa shape index (κ2) is 9.15. The number of hydrogen-bond acceptors (Lipinski definition) is 5. The van der Waals surface area contributed by atoms with Crippen molar-refractivity contribution in [3.63, 3.8) is 0 Å². The van der Waals surface area contributed by atoms with E-state index in [1.54, 1.807) is 0 Å². The fraction of sp³-hybridized carbons (Fsp3) is 0.111. The van der Waals surface area contributed by atoms with Crippen LogP contribution in [-0.4, -0.2) is 30.4 Å². The van der Waals surface area contributed by atoms with E-state index in [4.69, 9.17) is 0 Å². The van der Waals surface area contributed by atoms with Gasteiger partial charge in [-0.05, 0) is 36.6 Å². The fourth-order valence-corrected chi connectivity index (χ4v) is 4.53. The van der Waals surface area contributed by atoms with E-state index in [2.05, 4.69) is 20.4 Å². The van der Waals surface area contributed by atoms with E-state index in [1.165, 1.54) is 18.2 Å². The van der Waals surface area contributed by atoms with Crippen molar-refractivity contribution in [1.82, 2.24) is 20.4 Å². The summed E-state index contributed by atoms with van der Waals surface area (Å²) in [6, 6.07) is 18.8. The standard InChI is InChI=1S/C27H23N5O5/c1-14-3-7-16(8-4-14)24-22(26(34)30-28-24)21(18-11-12-20(33)19(13-18)32(36)37)23-25(29-31-27(23)35)17-9-5-15(2)6-10-17/h3-13,21,33H,1-2H3,(H2,28,30,34)(H2,29,31,35). The van der Waals surface area contributed by atoms with E-state index in [1.807, 2.05) is 62.4 Å². The molecule has 0 aliphatic heterocycles. The van der Waals surface area contributed by atoms with Crippen molar-refractivity contribution in [2.75, 3.05) is 0 Å². The van der Waals surface area contributed by atoms with Gasteiger partial charge in [-0.15, -0.1) is 0 Å². The number of nitrogens with zero attached hydrogens (tertiary/aromatic N) is 1. The van der Waals surface area contributed by atoms with Crippen LogP contribution in [0.25, 0.3) is 22.5 Å². The minimum atomic E-state index is -1.02. The fourth-order valence-electron chi connectivity index (χ4n) is 4.53. The van der Waals surface area contributed by atoms with Crippen molar-refractivity contribution in [3.8, 4) is 28.3 Å². The SMILES string of the molecule is Cc1ccc(-c2[nH][nH]c(=O)c2C(c2ccc(O)c([N+](=O)[O-])c2)c2c(-c3ccc(C)cc3)[nH][nH]c2=O)cc1. The van der Waals surface area contributed by atoms with Crippen LogP contribution in [0.2, 0.25) is 0 Å². The van der Waals surface area contributed by atoms with Crippen LogP contribution in [0, 0.1) is 24.0 Å². The molecule has 5 N–H and O–H groups in total. The second-order valence-corrected chi connectivity index (χ2v) is 8.91. The molecule has 3 aromatic carbocycles. The molecule has 2 heterocycles. The lowest BCUT2D eigenvalue weighted by molar-refractivity contribution is -0.385. The molecule has 0 fully saturated rings. The van der Waals surface area contributed by atoms with Crippen molar-refractivity contribution in [2.24, 2.45) is 0 Å². The summed E-state index contributed by atoms with van der Waals surface area (Å²) in [6.07, 6.45) is 0. The highest BCUT2D eigenvalue weighted by Gasteiger charge is 2.32. The van der Waals surface area contributed by atoms with E-state index in [9.17, 15) is 24.8 Å². The third-order valence-corrected chi connectivity index (χ3v) is 6.42. The predicted octanol–water partition coefficient (Wildman–Crippen LogP) is 4.46. The average molecular weight is 498 g/mol. The number of hydrogen-bond donors (Lipinski definition) is 5. The molecule has 2 aromatic heterocycles. The molecule has 0 unspecified atom stereocenters. The highest BCUT2D eigenvalue weighted by atomic mass is 16.6. The second-order valence-electron chi connectivity index (χ2n) is 8.91. The molecule has 0 saturated heterocycles. The Kier molecular flexibility index (Phi) is 5.84. The molecule has 0 spiro atoms. The molecule has 5 rings (SSSR count). The molecule has 0 aliphatic carbocycles. The Morgan fingerprint density at radius 2 is 1.19 bits per heavy atom. The molecule has 186 valence electrons. The number of phenols is 1. The van der Waals surface area contributed by atoms with Gasteiger partial charge >= 0.3 is 5.69 Å². The molecular weight excluding hydrogens is 474 g/mol. The quantitative estimate of drug-likeness (QED) is 0.173. The number of nitro benzene ring substituents is 1. The number of aryl methyl sites for hydroxylation is 2. The molecule has 10 heteroatoms.